The Morgan fingerprint density at radius 1 is 1.26 bits per heavy atom. The van der Waals surface area contributed by atoms with Crippen molar-refractivity contribution in [1.82, 2.24) is 5.32 Å². The predicted molar refractivity (Wildman–Crippen MR) is 67.4 cm³/mol. The third-order valence-corrected chi connectivity index (χ3v) is 3.28. The van der Waals surface area contributed by atoms with Gasteiger partial charge in [0.15, 0.2) is 0 Å². The summed E-state index contributed by atoms with van der Waals surface area (Å²) in [6.45, 7) is 0. The number of hydrogen-bond acceptors (Lipinski definition) is 2. The average Bonchev–Trinajstić information content (AvgIpc) is 2.28. The molecule has 1 saturated carbocycles. The molecule has 1 aromatic carbocycles. The number of carboxylic acid groups (broad SMARTS) is 1. The normalized spacial score (nSPS) is 16.3. The van der Waals surface area contributed by atoms with E-state index in [1.165, 1.54) is 24.3 Å². The van der Waals surface area contributed by atoms with Crippen molar-refractivity contribution < 1.29 is 19.1 Å². The molecule has 0 aromatic heterocycles. The van der Waals surface area contributed by atoms with Crippen LogP contribution in [0.5, 0.6) is 0 Å². The highest BCUT2D eigenvalue weighted by molar-refractivity contribution is 5.90. The second-order valence-corrected chi connectivity index (χ2v) is 4.79. The van der Waals surface area contributed by atoms with Crippen molar-refractivity contribution >= 4 is 17.7 Å². The van der Waals surface area contributed by atoms with Crippen LogP contribution in [-0.4, -0.2) is 22.6 Å². The summed E-state index contributed by atoms with van der Waals surface area (Å²) in [5, 5.41) is 14.1. The molecule has 0 bridgehead atoms. The third-order valence-electron chi connectivity index (χ3n) is 3.28. The van der Waals surface area contributed by atoms with E-state index in [1.807, 2.05) is 0 Å². The van der Waals surface area contributed by atoms with E-state index in [9.17, 15) is 14.0 Å². The molecule has 0 saturated heterocycles. The van der Waals surface area contributed by atoms with E-state index in [0.717, 1.165) is 6.42 Å². The van der Waals surface area contributed by atoms with E-state index in [0.29, 0.717) is 18.5 Å². The van der Waals surface area contributed by atoms with Gasteiger partial charge in [0.05, 0.1) is 12.0 Å². The van der Waals surface area contributed by atoms with Crippen LogP contribution in [0.4, 0.5) is 14.9 Å². The van der Waals surface area contributed by atoms with Crippen LogP contribution in [0.25, 0.3) is 0 Å². The maximum absolute atomic E-state index is 12.7. The molecule has 5 nitrogen and oxygen atoms in total. The summed E-state index contributed by atoms with van der Waals surface area (Å²) in [6, 6.07) is 4.91. The molecule has 1 aromatic rings. The fourth-order valence-electron chi connectivity index (χ4n) is 2.18. The Labute approximate surface area is 109 Å². The van der Waals surface area contributed by atoms with Gasteiger partial charge in [-0.05, 0) is 43.5 Å². The fourth-order valence-corrected chi connectivity index (χ4v) is 2.18. The van der Waals surface area contributed by atoms with Gasteiger partial charge in [0.25, 0.3) is 0 Å². The van der Waals surface area contributed by atoms with E-state index in [2.05, 4.69) is 10.6 Å². The summed E-state index contributed by atoms with van der Waals surface area (Å²) in [4.78, 5) is 22.5. The number of nitrogens with one attached hydrogen (secondary N) is 2. The van der Waals surface area contributed by atoms with Crippen molar-refractivity contribution in [2.45, 2.75) is 31.2 Å². The average molecular weight is 266 g/mol. The molecule has 2 amide bonds. The number of carbonyl (C=O) groups is 2. The summed E-state index contributed by atoms with van der Waals surface area (Å²) in [5.41, 5.74) is -0.181. The Kier molecular flexibility index (Phi) is 3.69. The molecule has 3 N–H and O–H groups in total. The van der Waals surface area contributed by atoms with Gasteiger partial charge in [0.1, 0.15) is 5.82 Å². The molecule has 2 rings (SSSR count). The Hall–Kier alpha value is -2.11. The highest BCUT2D eigenvalue weighted by Gasteiger charge is 2.40. The number of benzene rings is 1. The number of urea groups is 1. The first-order valence-electron chi connectivity index (χ1n) is 6.06. The Bertz CT molecular complexity index is 483. The number of hydrogen-bond donors (Lipinski definition) is 3. The molecule has 0 spiro atoms. The number of carboxylic acids is 1. The van der Waals surface area contributed by atoms with Crippen molar-refractivity contribution in [3.8, 4) is 0 Å². The van der Waals surface area contributed by atoms with E-state index in [1.54, 1.807) is 0 Å². The minimum Gasteiger partial charge on any atom is -0.481 e. The molecule has 102 valence electrons. The van der Waals surface area contributed by atoms with E-state index < -0.39 is 17.5 Å². The Morgan fingerprint density at radius 2 is 1.89 bits per heavy atom. The first-order valence-corrected chi connectivity index (χ1v) is 6.06. The van der Waals surface area contributed by atoms with Gasteiger partial charge in [-0.1, -0.05) is 0 Å². The van der Waals surface area contributed by atoms with E-state index in [-0.39, 0.29) is 12.2 Å². The predicted octanol–water partition coefficient (Wildman–Crippen LogP) is 2.34. The zero-order chi connectivity index (χ0) is 13.9. The van der Waals surface area contributed by atoms with Crippen LogP contribution in [0.1, 0.15) is 25.7 Å². The van der Waals surface area contributed by atoms with Gasteiger partial charge in [-0.2, -0.15) is 0 Å². The molecule has 1 aliphatic rings. The highest BCUT2D eigenvalue weighted by atomic mass is 19.1. The molecule has 0 radical (unpaired) electrons. The van der Waals surface area contributed by atoms with Crippen LogP contribution >= 0.6 is 0 Å². The van der Waals surface area contributed by atoms with E-state index >= 15 is 0 Å². The van der Waals surface area contributed by atoms with Gasteiger partial charge >= 0.3 is 12.0 Å². The second kappa shape index (κ2) is 5.26. The molecule has 0 heterocycles. The first kappa shape index (κ1) is 13.3. The molecule has 6 heteroatoms. The van der Waals surface area contributed by atoms with Gasteiger partial charge in [-0.3, -0.25) is 4.79 Å². The maximum atomic E-state index is 12.7. The first-order chi connectivity index (χ1) is 8.99. The molecule has 0 aliphatic heterocycles. The number of carbonyl (C=O) groups excluding carboxylic acids is 1. The monoisotopic (exact) mass is 266 g/mol. The number of halogens is 1. The fraction of sp³-hybridized carbons (Fsp3) is 0.385. The van der Waals surface area contributed by atoms with Gasteiger partial charge in [-0.15, -0.1) is 0 Å². The quantitative estimate of drug-likeness (QED) is 0.782. The van der Waals surface area contributed by atoms with Crippen molar-refractivity contribution in [3.05, 3.63) is 30.1 Å². The Balaban J connectivity index is 1.93. The van der Waals surface area contributed by atoms with E-state index in [4.69, 9.17) is 5.11 Å². The highest BCUT2D eigenvalue weighted by Crippen LogP contribution is 2.34. The molecular formula is C13H15FN2O3. The number of rotatable bonds is 4. The number of amides is 2. The van der Waals surface area contributed by atoms with Crippen LogP contribution < -0.4 is 10.6 Å². The summed E-state index contributed by atoms with van der Waals surface area (Å²) >= 11 is 0. The smallest absolute Gasteiger partial charge is 0.319 e. The second-order valence-electron chi connectivity index (χ2n) is 4.79. The lowest BCUT2D eigenvalue weighted by atomic mass is 9.74. The molecule has 1 fully saturated rings. The summed E-state index contributed by atoms with van der Waals surface area (Å²) in [5.74, 6) is -1.31. The van der Waals surface area contributed by atoms with Crippen LogP contribution in [0.3, 0.4) is 0 Å². The maximum Gasteiger partial charge on any atom is 0.319 e. The van der Waals surface area contributed by atoms with Gasteiger partial charge in [0.2, 0.25) is 0 Å². The molecule has 0 unspecified atom stereocenters. The largest absolute Gasteiger partial charge is 0.481 e. The van der Waals surface area contributed by atoms with Gasteiger partial charge in [0, 0.05) is 5.69 Å². The zero-order valence-electron chi connectivity index (χ0n) is 10.3. The minimum absolute atomic E-state index is 0.0795. The van der Waals surface area contributed by atoms with Gasteiger partial charge < -0.3 is 15.7 Å². The standard InChI is InChI=1S/C13H15FN2O3/c14-9-2-4-10(5-3-9)15-12(19)16-13(6-1-7-13)8-11(17)18/h2-5H,1,6-8H2,(H,17,18)(H2,15,16,19). The SMILES string of the molecule is O=C(O)CC1(NC(=O)Nc2ccc(F)cc2)CCC1. The van der Waals surface area contributed by atoms with Crippen molar-refractivity contribution in [1.29, 1.82) is 0 Å². The lowest BCUT2D eigenvalue weighted by Crippen LogP contribution is -2.55. The summed E-state index contributed by atoms with van der Waals surface area (Å²) in [6.07, 6.45) is 2.15. The minimum atomic E-state index is -0.929. The third kappa shape index (κ3) is 3.43. The number of anilines is 1. The summed E-state index contributed by atoms with van der Waals surface area (Å²) in [7, 11) is 0. The Morgan fingerprint density at radius 3 is 2.37 bits per heavy atom. The lowest BCUT2D eigenvalue weighted by Gasteiger charge is -2.41. The zero-order valence-corrected chi connectivity index (χ0v) is 10.3. The molecular weight excluding hydrogens is 251 g/mol. The topological polar surface area (TPSA) is 78.4 Å². The van der Waals surface area contributed by atoms with Crippen molar-refractivity contribution in [2.75, 3.05) is 5.32 Å². The van der Waals surface area contributed by atoms with Crippen LogP contribution in [0.2, 0.25) is 0 Å². The van der Waals surface area contributed by atoms with Crippen LogP contribution in [0, 0.1) is 5.82 Å². The van der Waals surface area contributed by atoms with Crippen LogP contribution in [-0.2, 0) is 4.79 Å². The van der Waals surface area contributed by atoms with Crippen molar-refractivity contribution in [2.24, 2.45) is 0 Å². The molecule has 19 heavy (non-hydrogen) atoms. The molecule has 1 aliphatic carbocycles. The van der Waals surface area contributed by atoms with Gasteiger partial charge in [-0.25, -0.2) is 9.18 Å². The van der Waals surface area contributed by atoms with Crippen molar-refractivity contribution in [3.63, 3.8) is 0 Å². The molecule has 0 atom stereocenters. The number of aliphatic carboxylic acids is 1. The van der Waals surface area contributed by atoms with Crippen LogP contribution in [0.15, 0.2) is 24.3 Å². The lowest BCUT2D eigenvalue weighted by molar-refractivity contribution is -0.139. The summed E-state index contributed by atoms with van der Waals surface area (Å²) < 4.78 is 12.7.